The van der Waals surface area contributed by atoms with Crippen LogP contribution in [0.3, 0.4) is 0 Å². The molecule has 4 heteroatoms. The molecule has 0 saturated heterocycles. The lowest BCUT2D eigenvalue weighted by Crippen LogP contribution is -2.03. The van der Waals surface area contributed by atoms with Gasteiger partial charge in [0.15, 0.2) is 0 Å². The monoisotopic (exact) mass is 342 g/mol. The Morgan fingerprint density at radius 2 is 1.83 bits per heavy atom. The number of hydrogen-bond acceptors (Lipinski definition) is 3. The average molecular weight is 343 g/mol. The molecular formula is C19H31ClO3. The average Bonchev–Trinajstić information content (AvgIpc) is 2.52. The largest absolute Gasteiger partial charge is 0.506 e. The number of carbonyl (C=O) groups excluding carboxylic acids is 1. The zero-order valence-electron chi connectivity index (χ0n) is 14.9. The van der Waals surface area contributed by atoms with Crippen LogP contribution in [-0.2, 0) is 4.79 Å². The number of rotatable bonds is 11. The molecule has 0 amide bonds. The maximum Gasteiger partial charge on any atom is 0.149 e. The van der Waals surface area contributed by atoms with Crippen molar-refractivity contribution in [3.8, 4) is 0 Å². The highest BCUT2D eigenvalue weighted by atomic mass is 35.5. The zero-order chi connectivity index (χ0) is 18.0. The van der Waals surface area contributed by atoms with E-state index in [-0.39, 0.29) is 23.0 Å². The van der Waals surface area contributed by atoms with Crippen LogP contribution in [0.15, 0.2) is 34.1 Å². The first-order chi connectivity index (χ1) is 10.7. The van der Waals surface area contributed by atoms with Gasteiger partial charge in [-0.05, 0) is 42.7 Å². The molecule has 0 aromatic heterocycles. The molecule has 1 unspecified atom stereocenters. The van der Waals surface area contributed by atoms with E-state index in [2.05, 4.69) is 27.4 Å². The molecule has 0 aliphatic heterocycles. The van der Waals surface area contributed by atoms with Crippen LogP contribution in [0.2, 0.25) is 0 Å². The molecule has 0 saturated carbocycles. The van der Waals surface area contributed by atoms with Crippen LogP contribution in [0.1, 0.15) is 59.8 Å². The van der Waals surface area contributed by atoms with Gasteiger partial charge in [0, 0.05) is 5.57 Å². The minimum absolute atomic E-state index is 0.0820. The van der Waals surface area contributed by atoms with E-state index in [4.69, 9.17) is 11.6 Å². The van der Waals surface area contributed by atoms with Gasteiger partial charge in [0.1, 0.15) is 12.0 Å². The van der Waals surface area contributed by atoms with Crippen LogP contribution in [-0.4, -0.2) is 23.1 Å². The molecule has 0 radical (unpaired) electrons. The first-order valence-electron chi connectivity index (χ1n) is 8.27. The minimum atomic E-state index is -0.248. The predicted octanol–water partition coefficient (Wildman–Crippen LogP) is 5.30. The normalized spacial score (nSPS) is 15.1. The summed E-state index contributed by atoms with van der Waals surface area (Å²) in [6, 6.07) is 0. The van der Waals surface area contributed by atoms with Crippen LogP contribution in [0.4, 0.5) is 0 Å². The first kappa shape index (κ1) is 21.9. The van der Waals surface area contributed by atoms with Gasteiger partial charge >= 0.3 is 0 Å². The van der Waals surface area contributed by atoms with Crippen molar-refractivity contribution in [1.29, 1.82) is 0 Å². The second kappa shape index (κ2) is 11.5. The van der Waals surface area contributed by atoms with E-state index in [1.165, 1.54) is 12.8 Å². The molecule has 1 atom stereocenters. The second-order valence-electron chi connectivity index (χ2n) is 6.66. The number of halogens is 1. The van der Waals surface area contributed by atoms with E-state index in [1.807, 2.05) is 0 Å². The smallest absolute Gasteiger partial charge is 0.149 e. The van der Waals surface area contributed by atoms with Gasteiger partial charge in [0.25, 0.3) is 0 Å². The summed E-state index contributed by atoms with van der Waals surface area (Å²) in [5, 5.41) is 19.8. The summed E-state index contributed by atoms with van der Waals surface area (Å²) in [5.74, 6) is 1.11. The lowest BCUT2D eigenvalue weighted by Gasteiger charge is -2.15. The van der Waals surface area contributed by atoms with Crippen LogP contribution >= 0.6 is 11.6 Å². The molecule has 0 rings (SSSR count). The van der Waals surface area contributed by atoms with Crippen molar-refractivity contribution < 1.29 is 15.0 Å². The number of aliphatic hydroxyl groups excluding tert-OH is 2. The minimum Gasteiger partial charge on any atom is -0.506 e. The molecule has 0 aliphatic carbocycles. The quantitative estimate of drug-likeness (QED) is 0.232. The third kappa shape index (κ3) is 8.38. The lowest BCUT2D eigenvalue weighted by atomic mass is 9.94. The van der Waals surface area contributed by atoms with Crippen molar-refractivity contribution in [1.82, 2.24) is 0 Å². The summed E-state index contributed by atoms with van der Waals surface area (Å²) < 4.78 is 0. The van der Waals surface area contributed by atoms with Gasteiger partial charge in [-0.1, -0.05) is 58.2 Å². The van der Waals surface area contributed by atoms with Gasteiger partial charge in [-0.25, -0.2) is 0 Å². The molecule has 132 valence electrons. The van der Waals surface area contributed by atoms with Crippen LogP contribution in [0.25, 0.3) is 0 Å². The molecule has 0 aliphatic rings. The molecule has 0 aromatic carbocycles. The summed E-state index contributed by atoms with van der Waals surface area (Å²) in [6.07, 6.45) is 5.63. The van der Waals surface area contributed by atoms with E-state index in [0.29, 0.717) is 29.8 Å². The van der Waals surface area contributed by atoms with Gasteiger partial charge in [-0.3, -0.25) is 4.79 Å². The molecule has 0 fully saturated rings. The Bertz CT molecular complexity index is 461. The summed E-state index contributed by atoms with van der Waals surface area (Å²) >= 11 is 6.10. The van der Waals surface area contributed by atoms with Crippen molar-refractivity contribution >= 4 is 17.9 Å². The fraction of sp³-hybridized carbons (Fsp3) is 0.632. The number of allylic oxidation sites excluding steroid dienone is 3. The summed E-state index contributed by atoms with van der Waals surface area (Å²) in [7, 11) is 0. The lowest BCUT2D eigenvalue weighted by molar-refractivity contribution is -0.104. The predicted molar refractivity (Wildman–Crippen MR) is 97.6 cm³/mol. The van der Waals surface area contributed by atoms with Crippen molar-refractivity contribution in [3.05, 3.63) is 34.1 Å². The van der Waals surface area contributed by atoms with Gasteiger partial charge in [0.2, 0.25) is 0 Å². The molecule has 0 bridgehead atoms. The van der Waals surface area contributed by atoms with Crippen LogP contribution in [0.5, 0.6) is 0 Å². The second-order valence-corrected chi connectivity index (χ2v) is 7.04. The van der Waals surface area contributed by atoms with Crippen molar-refractivity contribution in [2.45, 2.75) is 59.8 Å². The van der Waals surface area contributed by atoms with E-state index in [0.717, 1.165) is 18.8 Å². The van der Waals surface area contributed by atoms with E-state index >= 15 is 0 Å². The Morgan fingerprint density at radius 1 is 1.22 bits per heavy atom. The summed E-state index contributed by atoms with van der Waals surface area (Å²) in [6.45, 7) is 11.6. The number of carbonyl (C=O) groups is 1. The molecular weight excluding hydrogens is 312 g/mol. The summed E-state index contributed by atoms with van der Waals surface area (Å²) in [4.78, 5) is 10.7. The standard InChI is InChI=1S/C19H31ClO3/c1-13(2)7-6-8-14(3)9-10-17(12-22)19(23)18(20)16(5)15(4)11-21/h11,13-14,22-23H,4,6-10,12H2,1-3,5H3/b18-16+,19-17+. The summed E-state index contributed by atoms with van der Waals surface area (Å²) in [5.41, 5.74) is 1.15. The van der Waals surface area contributed by atoms with E-state index < -0.39 is 0 Å². The van der Waals surface area contributed by atoms with Gasteiger partial charge in [-0.2, -0.15) is 0 Å². The SMILES string of the molecule is C=C(C=O)/C(C)=C(Cl)\C(O)=C(/CO)CCC(C)CCCC(C)C. The fourth-order valence-electron chi connectivity index (χ4n) is 2.27. The third-order valence-electron chi connectivity index (χ3n) is 4.10. The maximum atomic E-state index is 10.7. The first-order valence-corrected chi connectivity index (χ1v) is 8.65. The Balaban J connectivity index is 4.80. The van der Waals surface area contributed by atoms with Crippen molar-refractivity contribution in [3.63, 3.8) is 0 Å². The van der Waals surface area contributed by atoms with Crippen LogP contribution < -0.4 is 0 Å². The molecule has 3 nitrogen and oxygen atoms in total. The fourth-order valence-corrected chi connectivity index (χ4v) is 2.53. The highest BCUT2D eigenvalue weighted by molar-refractivity contribution is 6.32. The topological polar surface area (TPSA) is 57.5 Å². The molecule has 0 heterocycles. The highest BCUT2D eigenvalue weighted by Gasteiger charge is 2.14. The van der Waals surface area contributed by atoms with Gasteiger partial charge in [-0.15, -0.1) is 0 Å². The Kier molecular flexibility index (Phi) is 10.9. The Hall–Kier alpha value is -1.06. The van der Waals surface area contributed by atoms with Crippen LogP contribution in [0, 0.1) is 11.8 Å². The van der Waals surface area contributed by atoms with Gasteiger partial charge < -0.3 is 10.2 Å². The molecule has 23 heavy (non-hydrogen) atoms. The van der Waals surface area contributed by atoms with E-state index in [1.54, 1.807) is 6.92 Å². The molecule has 2 N–H and O–H groups in total. The number of aldehydes is 1. The number of aliphatic hydroxyl groups is 2. The van der Waals surface area contributed by atoms with Crippen molar-refractivity contribution in [2.75, 3.05) is 6.61 Å². The Morgan fingerprint density at radius 3 is 2.30 bits per heavy atom. The van der Waals surface area contributed by atoms with Crippen molar-refractivity contribution in [2.24, 2.45) is 11.8 Å². The Labute approximate surface area is 145 Å². The molecule has 0 spiro atoms. The van der Waals surface area contributed by atoms with E-state index in [9.17, 15) is 15.0 Å². The molecule has 0 aromatic rings. The van der Waals surface area contributed by atoms with Gasteiger partial charge in [0.05, 0.1) is 11.6 Å². The maximum absolute atomic E-state index is 10.7. The highest BCUT2D eigenvalue weighted by Crippen LogP contribution is 2.27. The number of hydrogen-bond donors (Lipinski definition) is 2. The zero-order valence-corrected chi connectivity index (χ0v) is 15.6. The third-order valence-corrected chi connectivity index (χ3v) is 4.57.